The number of carbonyl (C=O) groups excluding carboxylic acids is 1. The van der Waals surface area contributed by atoms with Gasteiger partial charge in [0.05, 0.1) is 27.0 Å². The Kier molecular flexibility index (Phi) is 5.90. The Balaban J connectivity index is 1.71. The van der Waals surface area contributed by atoms with Crippen LogP contribution in [0, 0.1) is 0 Å². The predicted molar refractivity (Wildman–Crippen MR) is 116 cm³/mol. The van der Waals surface area contributed by atoms with E-state index in [1.807, 2.05) is 6.07 Å². The number of rotatable bonds is 7. The highest BCUT2D eigenvalue weighted by Gasteiger charge is 2.20. The number of methoxy groups -OCH3 is 2. The van der Waals surface area contributed by atoms with Crippen LogP contribution in [0.3, 0.4) is 0 Å². The highest BCUT2D eigenvalue weighted by atomic mass is 35.5. The molecule has 0 saturated carbocycles. The molecule has 0 amide bonds. The quantitative estimate of drug-likeness (QED) is 0.454. The van der Waals surface area contributed by atoms with Gasteiger partial charge in [0.15, 0.2) is 17.3 Å². The molecule has 4 rings (SSSR count). The summed E-state index contributed by atoms with van der Waals surface area (Å²) >= 11 is 5.98. The van der Waals surface area contributed by atoms with E-state index in [1.165, 1.54) is 18.9 Å². The molecule has 9 heteroatoms. The predicted octanol–water partition coefficient (Wildman–Crippen LogP) is 4.51. The number of halogens is 1. The molecular formula is C22H19ClN4O4. The Morgan fingerprint density at radius 1 is 1.10 bits per heavy atom. The zero-order valence-electron chi connectivity index (χ0n) is 16.8. The van der Waals surface area contributed by atoms with Crippen molar-refractivity contribution in [2.24, 2.45) is 0 Å². The van der Waals surface area contributed by atoms with Gasteiger partial charge in [-0.15, -0.1) is 5.10 Å². The third kappa shape index (κ3) is 4.39. The van der Waals surface area contributed by atoms with Crippen LogP contribution in [-0.4, -0.2) is 34.9 Å². The zero-order chi connectivity index (χ0) is 21.8. The molecule has 2 heterocycles. The third-order valence-corrected chi connectivity index (χ3v) is 4.79. The van der Waals surface area contributed by atoms with Gasteiger partial charge in [0.25, 0.3) is 5.91 Å². The van der Waals surface area contributed by atoms with Crippen molar-refractivity contribution >= 4 is 23.5 Å². The van der Waals surface area contributed by atoms with Gasteiger partial charge in [-0.2, -0.15) is 9.67 Å². The number of carbonyl (C=O) groups is 1. The summed E-state index contributed by atoms with van der Waals surface area (Å²) in [6.45, 7) is 0.338. The first-order valence-electron chi connectivity index (χ1n) is 9.35. The number of furan rings is 1. The number of nitrogens with one attached hydrogen (secondary N) is 1. The van der Waals surface area contributed by atoms with Gasteiger partial charge in [-0.05, 0) is 54.6 Å². The lowest BCUT2D eigenvalue weighted by molar-refractivity contribution is 0.0947. The van der Waals surface area contributed by atoms with Crippen molar-refractivity contribution in [3.8, 4) is 22.9 Å². The lowest BCUT2D eigenvalue weighted by atomic mass is 10.2. The minimum absolute atomic E-state index is 0.279. The van der Waals surface area contributed by atoms with E-state index in [4.69, 9.17) is 25.5 Å². The maximum absolute atomic E-state index is 13.3. The molecule has 0 fully saturated rings. The molecule has 0 radical (unpaired) electrons. The largest absolute Gasteiger partial charge is 0.493 e. The van der Waals surface area contributed by atoms with Gasteiger partial charge in [0.2, 0.25) is 5.95 Å². The second-order valence-electron chi connectivity index (χ2n) is 6.49. The van der Waals surface area contributed by atoms with Crippen LogP contribution < -0.4 is 14.8 Å². The molecule has 1 N–H and O–H groups in total. The molecule has 31 heavy (non-hydrogen) atoms. The second kappa shape index (κ2) is 8.93. The minimum Gasteiger partial charge on any atom is -0.493 e. The summed E-state index contributed by atoms with van der Waals surface area (Å²) in [6.07, 6.45) is 1.58. The molecule has 4 aromatic rings. The Labute approximate surface area is 183 Å². The monoisotopic (exact) mass is 438 g/mol. The number of aromatic nitrogens is 3. The van der Waals surface area contributed by atoms with Gasteiger partial charge in [0.1, 0.15) is 5.76 Å². The molecule has 0 aliphatic rings. The fraction of sp³-hybridized carbons (Fsp3) is 0.136. The van der Waals surface area contributed by atoms with Crippen LogP contribution in [0.5, 0.6) is 11.5 Å². The van der Waals surface area contributed by atoms with Crippen LogP contribution in [0.4, 0.5) is 5.95 Å². The summed E-state index contributed by atoms with van der Waals surface area (Å²) in [5, 5.41) is 8.14. The molecule has 0 aliphatic heterocycles. The summed E-state index contributed by atoms with van der Waals surface area (Å²) in [5.41, 5.74) is 1.09. The number of hydrogen-bond donors (Lipinski definition) is 1. The average Bonchev–Trinajstić information content (AvgIpc) is 3.47. The van der Waals surface area contributed by atoms with Gasteiger partial charge in [0, 0.05) is 16.1 Å². The molecule has 158 valence electrons. The maximum atomic E-state index is 13.3. The Morgan fingerprint density at radius 2 is 1.87 bits per heavy atom. The van der Waals surface area contributed by atoms with Crippen LogP contribution in [0.15, 0.2) is 65.3 Å². The van der Waals surface area contributed by atoms with E-state index in [1.54, 1.807) is 54.8 Å². The van der Waals surface area contributed by atoms with Crippen molar-refractivity contribution in [3.63, 3.8) is 0 Å². The summed E-state index contributed by atoms with van der Waals surface area (Å²) in [7, 11) is 3.04. The first-order valence-corrected chi connectivity index (χ1v) is 9.73. The molecular weight excluding hydrogens is 420 g/mol. The summed E-state index contributed by atoms with van der Waals surface area (Å²) in [4.78, 5) is 17.8. The maximum Gasteiger partial charge on any atom is 0.281 e. The Morgan fingerprint density at radius 3 is 2.55 bits per heavy atom. The summed E-state index contributed by atoms with van der Waals surface area (Å²) in [6, 6.07) is 15.6. The highest BCUT2D eigenvalue weighted by molar-refractivity contribution is 6.30. The van der Waals surface area contributed by atoms with E-state index in [2.05, 4.69) is 15.4 Å². The Hall–Kier alpha value is -3.78. The van der Waals surface area contributed by atoms with Crippen molar-refractivity contribution in [2.75, 3.05) is 19.5 Å². The number of benzene rings is 2. The van der Waals surface area contributed by atoms with Crippen LogP contribution in [0.2, 0.25) is 5.02 Å². The number of anilines is 1. The van der Waals surface area contributed by atoms with Crippen LogP contribution in [-0.2, 0) is 6.54 Å². The fourth-order valence-electron chi connectivity index (χ4n) is 2.96. The number of hydrogen-bond acceptors (Lipinski definition) is 7. The molecule has 0 unspecified atom stereocenters. The average molecular weight is 439 g/mol. The molecule has 2 aromatic heterocycles. The van der Waals surface area contributed by atoms with Gasteiger partial charge in [-0.1, -0.05) is 11.6 Å². The van der Waals surface area contributed by atoms with Crippen LogP contribution in [0.25, 0.3) is 11.4 Å². The van der Waals surface area contributed by atoms with Crippen molar-refractivity contribution in [2.45, 2.75) is 6.54 Å². The minimum atomic E-state index is -0.379. The van der Waals surface area contributed by atoms with Crippen LogP contribution >= 0.6 is 11.6 Å². The molecule has 2 aromatic carbocycles. The lowest BCUT2D eigenvalue weighted by Gasteiger charge is -2.10. The molecule has 0 saturated heterocycles. The van der Waals surface area contributed by atoms with Crippen molar-refractivity contribution in [3.05, 3.63) is 77.2 Å². The SMILES string of the molecule is COc1ccc(C(=O)n2nc(-c3ccc(Cl)cc3)nc2NCc2ccco2)cc1OC. The molecule has 8 nitrogen and oxygen atoms in total. The number of ether oxygens (including phenoxy) is 2. The van der Waals surface area contributed by atoms with Crippen molar-refractivity contribution in [1.29, 1.82) is 0 Å². The summed E-state index contributed by atoms with van der Waals surface area (Å²) < 4.78 is 17.1. The number of nitrogens with zero attached hydrogens (tertiary/aromatic N) is 3. The molecule has 0 aliphatic carbocycles. The van der Waals surface area contributed by atoms with Gasteiger partial charge >= 0.3 is 0 Å². The molecule has 0 spiro atoms. The topological polar surface area (TPSA) is 91.4 Å². The first-order chi connectivity index (χ1) is 15.1. The van der Waals surface area contributed by atoms with Gasteiger partial charge in [-0.3, -0.25) is 4.79 Å². The second-order valence-corrected chi connectivity index (χ2v) is 6.92. The van der Waals surface area contributed by atoms with E-state index in [-0.39, 0.29) is 11.9 Å². The van der Waals surface area contributed by atoms with E-state index in [9.17, 15) is 4.79 Å². The van der Waals surface area contributed by atoms with Gasteiger partial charge < -0.3 is 19.2 Å². The molecule has 0 bridgehead atoms. The smallest absolute Gasteiger partial charge is 0.281 e. The fourth-order valence-corrected chi connectivity index (χ4v) is 3.09. The summed E-state index contributed by atoms with van der Waals surface area (Å²) in [5.74, 6) is 1.94. The third-order valence-electron chi connectivity index (χ3n) is 4.53. The highest BCUT2D eigenvalue weighted by Crippen LogP contribution is 2.28. The van der Waals surface area contributed by atoms with E-state index in [0.29, 0.717) is 40.2 Å². The lowest BCUT2D eigenvalue weighted by Crippen LogP contribution is -2.17. The van der Waals surface area contributed by atoms with Crippen molar-refractivity contribution < 1.29 is 18.7 Å². The van der Waals surface area contributed by atoms with E-state index >= 15 is 0 Å². The standard InChI is InChI=1S/C22H19ClN4O4/c1-29-18-10-7-15(12-19(18)30-2)21(28)27-22(24-13-17-4-3-11-31-17)25-20(26-27)14-5-8-16(23)9-6-14/h3-12H,13H2,1-2H3,(H,24,25,26). The molecule has 0 atom stereocenters. The van der Waals surface area contributed by atoms with Crippen LogP contribution in [0.1, 0.15) is 16.1 Å². The van der Waals surface area contributed by atoms with Crippen molar-refractivity contribution in [1.82, 2.24) is 14.8 Å². The zero-order valence-corrected chi connectivity index (χ0v) is 17.6. The normalized spacial score (nSPS) is 10.7. The Bertz CT molecular complexity index is 1190. The van der Waals surface area contributed by atoms with Gasteiger partial charge in [-0.25, -0.2) is 0 Å². The van der Waals surface area contributed by atoms with E-state index in [0.717, 1.165) is 5.56 Å². The van der Waals surface area contributed by atoms with E-state index < -0.39 is 0 Å². The first kappa shape index (κ1) is 20.5.